The van der Waals surface area contributed by atoms with Gasteiger partial charge in [0, 0.05) is 12.6 Å². The number of nitrogen functional groups attached to an aromatic ring is 1. The van der Waals surface area contributed by atoms with Gasteiger partial charge in [-0.15, -0.1) is 0 Å². The number of hydrogen-bond donors (Lipinski definition) is 3. The zero-order valence-electron chi connectivity index (χ0n) is 8.30. The van der Waals surface area contributed by atoms with E-state index in [0.29, 0.717) is 22.3 Å². The van der Waals surface area contributed by atoms with Crippen molar-refractivity contribution in [1.82, 2.24) is 4.98 Å². The third-order valence-electron chi connectivity index (χ3n) is 1.90. The van der Waals surface area contributed by atoms with Crippen LogP contribution in [0, 0.1) is 0 Å². The Morgan fingerprint density at radius 2 is 2.20 bits per heavy atom. The lowest BCUT2D eigenvalue weighted by Gasteiger charge is -2.14. The molecule has 4 N–H and O–H groups in total. The summed E-state index contributed by atoms with van der Waals surface area (Å²) in [5.74, 6) is 0.722. The molecule has 15 heavy (non-hydrogen) atoms. The van der Waals surface area contributed by atoms with E-state index in [1.165, 1.54) is 0 Å². The average molecular weight is 250 g/mol. The number of nitrogens with one attached hydrogen (secondary N) is 1. The predicted octanol–water partition coefficient (Wildman–Crippen LogP) is 2.15. The molecule has 0 amide bonds. The maximum atomic E-state index is 8.74. The molecular formula is C9H13Cl2N3O. The molecular weight excluding hydrogens is 237 g/mol. The molecule has 0 aliphatic carbocycles. The van der Waals surface area contributed by atoms with E-state index in [1.54, 1.807) is 6.07 Å². The number of aromatic nitrogens is 1. The Morgan fingerprint density at radius 3 is 2.80 bits per heavy atom. The van der Waals surface area contributed by atoms with Crippen LogP contribution in [0.3, 0.4) is 0 Å². The Balaban J connectivity index is 2.81. The monoisotopic (exact) mass is 249 g/mol. The van der Waals surface area contributed by atoms with Gasteiger partial charge in [0.25, 0.3) is 0 Å². The number of anilines is 2. The maximum absolute atomic E-state index is 8.74. The highest BCUT2D eigenvalue weighted by atomic mass is 35.5. The Morgan fingerprint density at radius 1 is 1.53 bits per heavy atom. The fraction of sp³-hybridized carbons (Fsp3) is 0.444. The van der Waals surface area contributed by atoms with Crippen molar-refractivity contribution in [2.24, 2.45) is 0 Å². The molecule has 0 bridgehead atoms. The van der Waals surface area contributed by atoms with Gasteiger partial charge in [-0.05, 0) is 19.4 Å². The smallest absolute Gasteiger partial charge is 0.147 e. The summed E-state index contributed by atoms with van der Waals surface area (Å²) in [5.41, 5.74) is 5.55. The van der Waals surface area contributed by atoms with Crippen LogP contribution >= 0.6 is 23.2 Å². The summed E-state index contributed by atoms with van der Waals surface area (Å²) in [6.45, 7) is 2.02. The average Bonchev–Trinajstić information content (AvgIpc) is 2.14. The molecule has 0 aromatic carbocycles. The molecule has 1 atom stereocenters. The Hall–Kier alpha value is -0.710. The molecule has 0 spiro atoms. The molecule has 4 nitrogen and oxygen atoms in total. The number of aliphatic hydroxyl groups is 1. The predicted molar refractivity (Wildman–Crippen MR) is 63.5 cm³/mol. The summed E-state index contributed by atoms with van der Waals surface area (Å²) >= 11 is 11.7. The van der Waals surface area contributed by atoms with E-state index in [2.05, 4.69) is 10.3 Å². The second-order valence-corrected chi connectivity index (χ2v) is 4.06. The highest BCUT2D eigenvalue weighted by molar-refractivity contribution is 6.37. The van der Waals surface area contributed by atoms with E-state index < -0.39 is 0 Å². The summed E-state index contributed by atoms with van der Waals surface area (Å²) in [4.78, 5) is 4.02. The first-order valence-electron chi connectivity index (χ1n) is 4.53. The molecule has 6 heteroatoms. The first-order chi connectivity index (χ1) is 7.04. The van der Waals surface area contributed by atoms with Gasteiger partial charge < -0.3 is 16.2 Å². The van der Waals surface area contributed by atoms with Crippen LogP contribution in [-0.4, -0.2) is 22.7 Å². The second kappa shape index (κ2) is 5.39. The molecule has 1 aromatic rings. The fourth-order valence-electron chi connectivity index (χ4n) is 1.08. The number of nitrogens with two attached hydrogens (primary N) is 1. The van der Waals surface area contributed by atoms with E-state index in [0.717, 1.165) is 0 Å². The van der Waals surface area contributed by atoms with Crippen LogP contribution in [0.1, 0.15) is 13.3 Å². The zero-order valence-corrected chi connectivity index (χ0v) is 9.81. The SMILES string of the molecule is CC(CCO)Nc1nc(N)c(Cl)cc1Cl. The lowest BCUT2D eigenvalue weighted by atomic mass is 10.2. The van der Waals surface area contributed by atoms with E-state index >= 15 is 0 Å². The van der Waals surface area contributed by atoms with Crippen molar-refractivity contribution in [3.05, 3.63) is 16.1 Å². The van der Waals surface area contributed by atoms with Gasteiger partial charge in [0.15, 0.2) is 0 Å². The third kappa shape index (κ3) is 3.41. The molecule has 0 saturated carbocycles. The van der Waals surface area contributed by atoms with Crippen LogP contribution in [0.25, 0.3) is 0 Å². The van der Waals surface area contributed by atoms with Gasteiger partial charge >= 0.3 is 0 Å². The van der Waals surface area contributed by atoms with Crippen LogP contribution in [0.4, 0.5) is 11.6 Å². The first kappa shape index (κ1) is 12.4. The van der Waals surface area contributed by atoms with Gasteiger partial charge in [0.05, 0.1) is 10.0 Å². The first-order valence-corrected chi connectivity index (χ1v) is 5.29. The summed E-state index contributed by atoms with van der Waals surface area (Å²) in [6, 6.07) is 1.61. The molecule has 1 rings (SSSR count). The van der Waals surface area contributed by atoms with Crippen molar-refractivity contribution in [1.29, 1.82) is 0 Å². The van der Waals surface area contributed by atoms with Crippen LogP contribution < -0.4 is 11.1 Å². The van der Waals surface area contributed by atoms with Crippen LogP contribution in [-0.2, 0) is 0 Å². The molecule has 0 aliphatic heterocycles. The van der Waals surface area contributed by atoms with Crippen LogP contribution in [0.5, 0.6) is 0 Å². The van der Waals surface area contributed by atoms with Crippen molar-refractivity contribution in [2.75, 3.05) is 17.7 Å². The van der Waals surface area contributed by atoms with E-state index in [4.69, 9.17) is 34.0 Å². The highest BCUT2D eigenvalue weighted by Gasteiger charge is 2.09. The molecule has 0 saturated heterocycles. The molecule has 0 radical (unpaired) electrons. The third-order valence-corrected chi connectivity index (χ3v) is 2.49. The molecule has 84 valence electrons. The topological polar surface area (TPSA) is 71.2 Å². The van der Waals surface area contributed by atoms with Gasteiger partial charge in [0.2, 0.25) is 0 Å². The molecule has 1 unspecified atom stereocenters. The summed E-state index contributed by atoms with van der Waals surface area (Å²) in [5, 5.41) is 12.5. The summed E-state index contributed by atoms with van der Waals surface area (Å²) < 4.78 is 0. The normalized spacial score (nSPS) is 12.5. The summed E-state index contributed by atoms with van der Waals surface area (Å²) in [6.07, 6.45) is 0.612. The Labute approximate surface area is 98.4 Å². The number of rotatable bonds is 4. The van der Waals surface area contributed by atoms with Crippen molar-refractivity contribution in [3.63, 3.8) is 0 Å². The van der Waals surface area contributed by atoms with E-state index in [1.807, 2.05) is 6.92 Å². The highest BCUT2D eigenvalue weighted by Crippen LogP contribution is 2.27. The van der Waals surface area contributed by atoms with Gasteiger partial charge in [-0.2, -0.15) is 0 Å². The van der Waals surface area contributed by atoms with Crippen molar-refractivity contribution < 1.29 is 5.11 Å². The number of nitrogens with zero attached hydrogens (tertiary/aromatic N) is 1. The maximum Gasteiger partial charge on any atom is 0.147 e. The Bertz CT molecular complexity index is 346. The minimum atomic E-state index is 0.0700. The lowest BCUT2D eigenvalue weighted by molar-refractivity contribution is 0.282. The fourth-order valence-corrected chi connectivity index (χ4v) is 1.49. The van der Waals surface area contributed by atoms with E-state index in [9.17, 15) is 0 Å². The number of pyridine rings is 1. The van der Waals surface area contributed by atoms with Crippen LogP contribution in [0.15, 0.2) is 6.07 Å². The largest absolute Gasteiger partial charge is 0.396 e. The van der Waals surface area contributed by atoms with Gasteiger partial charge in [-0.25, -0.2) is 4.98 Å². The summed E-state index contributed by atoms with van der Waals surface area (Å²) in [7, 11) is 0. The van der Waals surface area contributed by atoms with Crippen LogP contribution in [0.2, 0.25) is 10.0 Å². The quantitative estimate of drug-likeness (QED) is 0.765. The molecule has 1 aromatic heterocycles. The molecule has 1 heterocycles. The Kier molecular flexibility index (Phi) is 4.45. The number of hydrogen-bond acceptors (Lipinski definition) is 4. The number of halogens is 2. The van der Waals surface area contributed by atoms with E-state index in [-0.39, 0.29) is 18.5 Å². The van der Waals surface area contributed by atoms with Crippen molar-refractivity contribution in [3.8, 4) is 0 Å². The minimum Gasteiger partial charge on any atom is -0.396 e. The minimum absolute atomic E-state index is 0.0700. The standard InChI is InChI=1S/C9H13Cl2N3O/c1-5(2-3-15)13-9-7(11)4-6(10)8(12)14-9/h4-5,15H,2-3H2,1H3,(H3,12,13,14). The zero-order chi connectivity index (χ0) is 11.4. The molecule has 0 fully saturated rings. The van der Waals surface area contributed by atoms with Gasteiger partial charge in [-0.1, -0.05) is 23.2 Å². The second-order valence-electron chi connectivity index (χ2n) is 3.24. The lowest BCUT2D eigenvalue weighted by Crippen LogP contribution is -2.18. The van der Waals surface area contributed by atoms with Gasteiger partial charge in [-0.3, -0.25) is 0 Å². The van der Waals surface area contributed by atoms with Crippen molar-refractivity contribution >= 4 is 34.8 Å². The van der Waals surface area contributed by atoms with Gasteiger partial charge in [0.1, 0.15) is 11.6 Å². The number of aliphatic hydroxyl groups excluding tert-OH is 1. The van der Waals surface area contributed by atoms with Crippen molar-refractivity contribution in [2.45, 2.75) is 19.4 Å². The molecule has 0 aliphatic rings.